The molecule has 1 atom stereocenters. The highest BCUT2D eigenvalue weighted by molar-refractivity contribution is 4.87. The Morgan fingerprint density at radius 2 is 1.40 bits per heavy atom. The summed E-state index contributed by atoms with van der Waals surface area (Å²) in [6.45, 7) is 10.3. The molecule has 0 aliphatic carbocycles. The van der Waals surface area contributed by atoms with Crippen molar-refractivity contribution < 1.29 is 5.11 Å². The molecule has 62 valence electrons. The van der Waals surface area contributed by atoms with E-state index in [1.165, 1.54) is 0 Å². The lowest BCUT2D eigenvalue weighted by atomic mass is 9.73. The minimum Gasteiger partial charge on any atom is -0.390 e. The first-order valence-corrected chi connectivity index (χ1v) is 4.09. The molecule has 0 aromatic rings. The monoisotopic (exact) mass is 144 g/mol. The van der Waals surface area contributed by atoms with Crippen LogP contribution in [0.2, 0.25) is 0 Å². The lowest BCUT2D eigenvalue weighted by Gasteiger charge is -2.38. The third-order valence-electron chi connectivity index (χ3n) is 3.03. The molecule has 1 nitrogen and oxygen atoms in total. The molecule has 0 heterocycles. The first kappa shape index (κ1) is 9.96. The molecule has 0 saturated carbocycles. The van der Waals surface area contributed by atoms with Gasteiger partial charge in [0, 0.05) is 0 Å². The van der Waals surface area contributed by atoms with Crippen molar-refractivity contribution in [1.82, 2.24) is 0 Å². The van der Waals surface area contributed by atoms with E-state index < -0.39 is 5.60 Å². The molecule has 1 N–H and O–H groups in total. The van der Waals surface area contributed by atoms with Crippen LogP contribution >= 0.6 is 0 Å². The predicted molar refractivity (Wildman–Crippen MR) is 45.0 cm³/mol. The molecule has 0 aromatic heterocycles. The van der Waals surface area contributed by atoms with Crippen molar-refractivity contribution in [3.05, 3.63) is 0 Å². The summed E-state index contributed by atoms with van der Waals surface area (Å²) < 4.78 is 0. The van der Waals surface area contributed by atoms with Crippen molar-refractivity contribution in [3.8, 4) is 0 Å². The number of rotatable bonds is 3. The molecular formula is C9H20O. The van der Waals surface area contributed by atoms with Gasteiger partial charge in [0.05, 0.1) is 5.60 Å². The largest absolute Gasteiger partial charge is 0.390 e. The van der Waals surface area contributed by atoms with E-state index in [2.05, 4.69) is 20.8 Å². The van der Waals surface area contributed by atoms with Crippen LogP contribution in [0.1, 0.15) is 47.5 Å². The number of hydrogen-bond acceptors (Lipinski definition) is 1. The molecule has 1 unspecified atom stereocenters. The van der Waals surface area contributed by atoms with Gasteiger partial charge in [-0.15, -0.1) is 0 Å². The third-order valence-corrected chi connectivity index (χ3v) is 3.03. The van der Waals surface area contributed by atoms with E-state index >= 15 is 0 Å². The van der Waals surface area contributed by atoms with E-state index in [0.717, 1.165) is 12.8 Å². The Morgan fingerprint density at radius 3 is 1.50 bits per heavy atom. The third kappa shape index (κ3) is 1.72. The van der Waals surface area contributed by atoms with Crippen molar-refractivity contribution in [2.45, 2.75) is 53.1 Å². The molecule has 10 heavy (non-hydrogen) atoms. The molecule has 0 aliphatic heterocycles. The van der Waals surface area contributed by atoms with E-state index in [-0.39, 0.29) is 5.41 Å². The lowest BCUT2D eigenvalue weighted by Crippen LogP contribution is -2.40. The highest BCUT2D eigenvalue weighted by atomic mass is 16.3. The van der Waals surface area contributed by atoms with Crippen LogP contribution in [0.25, 0.3) is 0 Å². The Labute approximate surface area is 64.5 Å². The van der Waals surface area contributed by atoms with Gasteiger partial charge < -0.3 is 5.11 Å². The van der Waals surface area contributed by atoms with Crippen LogP contribution in [0.4, 0.5) is 0 Å². The fraction of sp³-hybridized carbons (Fsp3) is 1.00. The lowest BCUT2D eigenvalue weighted by molar-refractivity contribution is -0.0559. The molecular weight excluding hydrogens is 124 g/mol. The van der Waals surface area contributed by atoms with Crippen molar-refractivity contribution >= 4 is 0 Å². The minimum absolute atomic E-state index is 0.0434. The summed E-state index contributed by atoms with van der Waals surface area (Å²) in [5.41, 5.74) is -0.469. The summed E-state index contributed by atoms with van der Waals surface area (Å²) >= 11 is 0. The van der Waals surface area contributed by atoms with Crippen molar-refractivity contribution in [2.75, 3.05) is 0 Å². The van der Waals surface area contributed by atoms with Gasteiger partial charge in [-0.2, -0.15) is 0 Å². The van der Waals surface area contributed by atoms with E-state index in [4.69, 9.17) is 0 Å². The van der Waals surface area contributed by atoms with Crippen LogP contribution in [0, 0.1) is 5.41 Å². The van der Waals surface area contributed by atoms with Crippen LogP contribution in [-0.4, -0.2) is 10.7 Å². The van der Waals surface area contributed by atoms with Gasteiger partial charge in [-0.05, 0) is 25.2 Å². The Kier molecular flexibility index (Phi) is 2.90. The van der Waals surface area contributed by atoms with E-state index in [1.54, 1.807) is 0 Å². The van der Waals surface area contributed by atoms with Gasteiger partial charge in [-0.3, -0.25) is 0 Å². The van der Waals surface area contributed by atoms with Crippen LogP contribution in [0.15, 0.2) is 0 Å². The zero-order valence-corrected chi connectivity index (χ0v) is 7.86. The molecule has 0 spiro atoms. The zero-order chi connectivity index (χ0) is 8.41. The summed E-state index contributed by atoms with van der Waals surface area (Å²) in [7, 11) is 0. The first-order valence-electron chi connectivity index (χ1n) is 4.09. The quantitative estimate of drug-likeness (QED) is 0.645. The molecule has 0 amide bonds. The van der Waals surface area contributed by atoms with Gasteiger partial charge in [-0.1, -0.05) is 27.7 Å². The zero-order valence-electron chi connectivity index (χ0n) is 7.86. The molecule has 0 bridgehead atoms. The molecule has 0 fully saturated rings. The minimum atomic E-state index is -0.512. The molecule has 0 rings (SSSR count). The Balaban J connectivity index is 4.28. The van der Waals surface area contributed by atoms with Gasteiger partial charge >= 0.3 is 0 Å². The van der Waals surface area contributed by atoms with Gasteiger partial charge in [0.2, 0.25) is 0 Å². The van der Waals surface area contributed by atoms with E-state index in [9.17, 15) is 5.11 Å². The second kappa shape index (κ2) is 2.91. The Morgan fingerprint density at radius 1 is 1.00 bits per heavy atom. The first-order chi connectivity index (χ1) is 4.37. The average molecular weight is 144 g/mol. The Bertz CT molecular complexity index is 89.3. The molecule has 0 aromatic carbocycles. The summed E-state index contributed by atoms with van der Waals surface area (Å²) in [5.74, 6) is 0. The fourth-order valence-electron chi connectivity index (χ4n) is 0.859. The molecule has 0 radical (unpaired) electrons. The van der Waals surface area contributed by atoms with Crippen LogP contribution < -0.4 is 0 Å². The normalized spacial score (nSPS) is 18.6. The van der Waals surface area contributed by atoms with Gasteiger partial charge in [-0.25, -0.2) is 0 Å². The van der Waals surface area contributed by atoms with Gasteiger partial charge in [0.25, 0.3) is 0 Å². The summed E-state index contributed by atoms with van der Waals surface area (Å²) in [6, 6.07) is 0. The summed E-state index contributed by atoms with van der Waals surface area (Å²) in [6.07, 6.45) is 1.85. The highest BCUT2D eigenvalue weighted by Gasteiger charge is 2.35. The number of hydrogen-bond donors (Lipinski definition) is 1. The van der Waals surface area contributed by atoms with Crippen molar-refractivity contribution in [2.24, 2.45) is 5.41 Å². The van der Waals surface area contributed by atoms with Crippen molar-refractivity contribution in [3.63, 3.8) is 0 Å². The number of aliphatic hydroxyl groups is 1. The average Bonchev–Trinajstić information content (AvgIpc) is 1.88. The summed E-state index contributed by atoms with van der Waals surface area (Å²) in [5, 5.41) is 9.85. The van der Waals surface area contributed by atoms with Crippen molar-refractivity contribution in [1.29, 1.82) is 0 Å². The summed E-state index contributed by atoms with van der Waals surface area (Å²) in [4.78, 5) is 0. The molecule has 0 saturated heterocycles. The molecule has 0 aliphatic rings. The van der Waals surface area contributed by atoms with Gasteiger partial charge in [0.1, 0.15) is 0 Å². The Hall–Kier alpha value is -0.0400. The molecule has 1 heteroatoms. The van der Waals surface area contributed by atoms with Gasteiger partial charge in [0.15, 0.2) is 0 Å². The van der Waals surface area contributed by atoms with Crippen LogP contribution in [0.5, 0.6) is 0 Å². The SMILES string of the molecule is CCC(C)(C)C(C)(O)CC. The van der Waals surface area contributed by atoms with E-state index in [1.807, 2.05) is 13.8 Å². The maximum atomic E-state index is 9.85. The standard InChI is InChI=1S/C9H20O/c1-6-8(3,4)9(5,10)7-2/h10H,6-7H2,1-5H3. The second-order valence-corrected chi connectivity index (χ2v) is 3.86. The predicted octanol–water partition coefficient (Wildman–Crippen LogP) is 2.58. The van der Waals surface area contributed by atoms with E-state index in [0.29, 0.717) is 0 Å². The van der Waals surface area contributed by atoms with Crippen LogP contribution in [-0.2, 0) is 0 Å². The topological polar surface area (TPSA) is 20.2 Å². The highest BCUT2D eigenvalue weighted by Crippen LogP contribution is 2.35. The smallest absolute Gasteiger partial charge is 0.0667 e. The maximum Gasteiger partial charge on any atom is 0.0667 e. The maximum absolute atomic E-state index is 9.85. The van der Waals surface area contributed by atoms with Crippen LogP contribution in [0.3, 0.4) is 0 Å². The second-order valence-electron chi connectivity index (χ2n) is 3.86. The fourth-order valence-corrected chi connectivity index (χ4v) is 0.859.